The molecule has 1 fully saturated rings. The molecule has 0 unspecified atom stereocenters. The van der Waals surface area contributed by atoms with Crippen LogP contribution in [0.1, 0.15) is 38.3 Å². The van der Waals surface area contributed by atoms with Crippen LogP contribution in [0.3, 0.4) is 0 Å². The first-order valence-electron chi connectivity index (χ1n) is 7.91. The Morgan fingerprint density at radius 1 is 1.45 bits per heavy atom. The Kier molecular flexibility index (Phi) is 3.87. The fraction of sp³-hybridized carbons (Fsp3) is 0.733. The molecule has 0 saturated heterocycles. The first-order valence-corrected chi connectivity index (χ1v) is 7.91. The Bertz CT molecular complexity index is 614. The largest absolute Gasteiger partial charge is 0.337 e. The van der Waals surface area contributed by atoms with Gasteiger partial charge in [0.2, 0.25) is 5.91 Å². The molecule has 3 rings (SSSR count). The highest BCUT2D eigenvalue weighted by molar-refractivity contribution is 5.79. The molecule has 2 heterocycles. The van der Waals surface area contributed by atoms with Gasteiger partial charge < -0.3 is 9.88 Å². The summed E-state index contributed by atoms with van der Waals surface area (Å²) in [4.78, 5) is 14.3. The summed E-state index contributed by atoms with van der Waals surface area (Å²) in [5.74, 6) is 2.14. The molecule has 1 saturated carbocycles. The maximum Gasteiger partial charge on any atom is 0.235 e. The summed E-state index contributed by atoms with van der Waals surface area (Å²) in [7, 11) is 0. The Morgan fingerprint density at radius 2 is 2.23 bits per heavy atom. The molecule has 7 nitrogen and oxygen atoms in total. The van der Waals surface area contributed by atoms with E-state index in [-0.39, 0.29) is 5.91 Å². The van der Waals surface area contributed by atoms with Crippen molar-refractivity contribution in [3.8, 4) is 6.07 Å². The molecule has 1 aromatic rings. The number of aryl methyl sites for hydroxylation is 1. The van der Waals surface area contributed by atoms with Gasteiger partial charge in [-0.25, -0.2) is 0 Å². The van der Waals surface area contributed by atoms with E-state index in [0.717, 1.165) is 44.0 Å². The van der Waals surface area contributed by atoms with Crippen molar-refractivity contribution >= 4 is 5.91 Å². The minimum Gasteiger partial charge on any atom is -0.337 e. The van der Waals surface area contributed by atoms with Crippen molar-refractivity contribution in [1.82, 2.24) is 25.0 Å². The summed E-state index contributed by atoms with van der Waals surface area (Å²) in [5, 5.41) is 20.6. The fourth-order valence-corrected chi connectivity index (χ4v) is 3.08. The minimum atomic E-state index is -0.720. The molecular weight excluding hydrogens is 280 g/mol. The lowest BCUT2D eigenvalue weighted by atomic mass is 9.98. The second-order valence-corrected chi connectivity index (χ2v) is 6.38. The van der Waals surface area contributed by atoms with Gasteiger partial charge in [0.25, 0.3) is 0 Å². The van der Waals surface area contributed by atoms with Gasteiger partial charge in [-0.2, -0.15) is 5.26 Å². The molecule has 1 aromatic heterocycles. The van der Waals surface area contributed by atoms with Crippen LogP contribution in [0.2, 0.25) is 0 Å². The van der Waals surface area contributed by atoms with E-state index < -0.39 is 5.54 Å². The van der Waals surface area contributed by atoms with Gasteiger partial charge in [-0.05, 0) is 25.7 Å². The number of amides is 1. The third kappa shape index (κ3) is 2.83. The number of nitrogens with one attached hydrogen (secondary N) is 1. The standard InChI is InChI=1S/C15H22N6O/c1-3-12-18-19-13-8-20(6-7-21(12)13)9-14(22)17-15(2,10-16)11-4-5-11/h11H,3-9H2,1-2H3,(H,17,22)/t15-/m0/s1. The van der Waals surface area contributed by atoms with Crippen molar-refractivity contribution in [2.45, 2.75) is 51.7 Å². The lowest BCUT2D eigenvalue weighted by Crippen LogP contribution is -2.51. The maximum atomic E-state index is 12.2. The number of hydrogen-bond acceptors (Lipinski definition) is 5. The molecule has 0 bridgehead atoms. The summed E-state index contributed by atoms with van der Waals surface area (Å²) < 4.78 is 2.14. The lowest BCUT2D eigenvalue weighted by molar-refractivity contribution is -0.124. The molecule has 0 spiro atoms. The number of carbonyl (C=O) groups excluding carboxylic acids is 1. The molecule has 22 heavy (non-hydrogen) atoms. The van der Waals surface area contributed by atoms with Gasteiger partial charge in [0.1, 0.15) is 17.2 Å². The Labute approximate surface area is 130 Å². The highest BCUT2D eigenvalue weighted by Crippen LogP contribution is 2.39. The summed E-state index contributed by atoms with van der Waals surface area (Å²) >= 11 is 0. The van der Waals surface area contributed by atoms with Gasteiger partial charge >= 0.3 is 0 Å². The van der Waals surface area contributed by atoms with Crippen LogP contribution in [0.4, 0.5) is 0 Å². The van der Waals surface area contributed by atoms with Crippen LogP contribution in [0.15, 0.2) is 0 Å². The van der Waals surface area contributed by atoms with E-state index >= 15 is 0 Å². The van der Waals surface area contributed by atoms with Crippen molar-refractivity contribution in [1.29, 1.82) is 5.26 Å². The van der Waals surface area contributed by atoms with Crippen LogP contribution in [0, 0.1) is 17.2 Å². The lowest BCUT2D eigenvalue weighted by Gasteiger charge is -2.29. The first-order chi connectivity index (χ1) is 10.6. The van der Waals surface area contributed by atoms with Crippen molar-refractivity contribution in [3.05, 3.63) is 11.6 Å². The highest BCUT2D eigenvalue weighted by atomic mass is 16.2. The zero-order valence-corrected chi connectivity index (χ0v) is 13.2. The fourth-order valence-electron chi connectivity index (χ4n) is 3.08. The van der Waals surface area contributed by atoms with Crippen molar-refractivity contribution < 1.29 is 4.79 Å². The number of carbonyl (C=O) groups is 1. The molecule has 1 aliphatic heterocycles. The Hall–Kier alpha value is -1.94. The average molecular weight is 302 g/mol. The van der Waals surface area contributed by atoms with Gasteiger partial charge in [0, 0.05) is 19.5 Å². The second-order valence-electron chi connectivity index (χ2n) is 6.38. The minimum absolute atomic E-state index is 0.0837. The molecule has 1 amide bonds. The summed E-state index contributed by atoms with van der Waals surface area (Å²) in [6.45, 7) is 6.45. The molecule has 2 aliphatic rings. The van der Waals surface area contributed by atoms with Crippen molar-refractivity contribution in [3.63, 3.8) is 0 Å². The van der Waals surface area contributed by atoms with Crippen LogP contribution in [-0.2, 0) is 24.3 Å². The molecule has 1 N–H and O–H groups in total. The molecule has 118 valence electrons. The van der Waals surface area contributed by atoms with E-state index in [9.17, 15) is 10.1 Å². The number of nitrogens with zero attached hydrogens (tertiary/aromatic N) is 5. The summed E-state index contributed by atoms with van der Waals surface area (Å²) in [6, 6.07) is 2.26. The van der Waals surface area contributed by atoms with E-state index in [1.54, 1.807) is 0 Å². The van der Waals surface area contributed by atoms with E-state index in [1.165, 1.54) is 0 Å². The smallest absolute Gasteiger partial charge is 0.235 e. The molecule has 1 atom stereocenters. The van der Waals surface area contributed by atoms with E-state index in [0.29, 0.717) is 19.0 Å². The zero-order chi connectivity index (χ0) is 15.7. The predicted octanol–water partition coefficient (Wildman–Crippen LogP) is 0.465. The third-order valence-electron chi connectivity index (χ3n) is 4.62. The van der Waals surface area contributed by atoms with Crippen LogP contribution in [0.25, 0.3) is 0 Å². The number of rotatable bonds is 5. The van der Waals surface area contributed by atoms with Crippen molar-refractivity contribution in [2.24, 2.45) is 5.92 Å². The topological polar surface area (TPSA) is 86.8 Å². The van der Waals surface area contributed by atoms with E-state index in [2.05, 4.69) is 38.0 Å². The summed E-state index contributed by atoms with van der Waals surface area (Å²) in [5.41, 5.74) is -0.720. The number of aromatic nitrogens is 3. The van der Waals surface area contributed by atoms with Gasteiger partial charge in [-0.3, -0.25) is 9.69 Å². The third-order valence-corrected chi connectivity index (χ3v) is 4.62. The van der Waals surface area contributed by atoms with Gasteiger partial charge in [0.05, 0.1) is 19.2 Å². The first kappa shape index (κ1) is 15.0. The van der Waals surface area contributed by atoms with Gasteiger partial charge in [-0.1, -0.05) is 6.92 Å². The molecule has 0 aromatic carbocycles. The Balaban J connectivity index is 1.58. The molecule has 0 radical (unpaired) electrons. The van der Waals surface area contributed by atoms with E-state index in [4.69, 9.17) is 0 Å². The number of nitriles is 1. The van der Waals surface area contributed by atoms with Gasteiger partial charge in [0.15, 0.2) is 0 Å². The van der Waals surface area contributed by atoms with Crippen molar-refractivity contribution in [2.75, 3.05) is 13.1 Å². The SMILES string of the molecule is CCc1nnc2n1CCN(CC(=O)N[C@@](C)(C#N)C1CC1)C2. The number of hydrogen-bond donors (Lipinski definition) is 1. The number of fused-ring (bicyclic) bond motifs is 1. The average Bonchev–Trinajstić information content (AvgIpc) is 3.28. The van der Waals surface area contributed by atoms with Crippen LogP contribution < -0.4 is 5.32 Å². The maximum absolute atomic E-state index is 12.2. The van der Waals surface area contributed by atoms with Crippen LogP contribution in [-0.4, -0.2) is 44.2 Å². The van der Waals surface area contributed by atoms with Gasteiger partial charge in [-0.15, -0.1) is 10.2 Å². The molecule has 1 aliphatic carbocycles. The summed E-state index contributed by atoms with van der Waals surface area (Å²) in [6.07, 6.45) is 2.92. The van der Waals surface area contributed by atoms with Crippen LogP contribution in [0.5, 0.6) is 0 Å². The highest BCUT2D eigenvalue weighted by Gasteiger charge is 2.43. The molecular formula is C15H22N6O. The molecule has 7 heteroatoms. The quantitative estimate of drug-likeness (QED) is 0.854. The second kappa shape index (κ2) is 5.69. The van der Waals surface area contributed by atoms with Crippen LogP contribution >= 0.6 is 0 Å². The Morgan fingerprint density at radius 3 is 2.86 bits per heavy atom. The van der Waals surface area contributed by atoms with E-state index in [1.807, 2.05) is 6.92 Å². The normalized spacial score (nSPS) is 20.8. The predicted molar refractivity (Wildman–Crippen MR) is 79.6 cm³/mol. The monoisotopic (exact) mass is 302 g/mol. The zero-order valence-electron chi connectivity index (χ0n) is 13.2.